The van der Waals surface area contributed by atoms with Gasteiger partial charge in [-0.25, -0.2) is 0 Å². The third-order valence-corrected chi connectivity index (χ3v) is 3.38. The molecule has 0 radical (unpaired) electrons. The molecule has 0 aliphatic heterocycles. The van der Waals surface area contributed by atoms with Crippen LogP contribution in [0, 0.1) is 0 Å². The lowest BCUT2D eigenvalue weighted by molar-refractivity contribution is 0.281. The zero-order chi connectivity index (χ0) is 15.1. The van der Waals surface area contributed by atoms with Gasteiger partial charge in [-0.3, -0.25) is 0 Å². The van der Waals surface area contributed by atoms with Crippen molar-refractivity contribution in [2.24, 2.45) is 0 Å². The third kappa shape index (κ3) is 4.74. The van der Waals surface area contributed by atoms with Crippen molar-refractivity contribution >= 4 is 11.6 Å². The topological polar surface area (TPSA) is 41.5 Å². The molecule has 0 saturated heterocycles. The molecule has 0 aliphatic rings. The highest BCUT2D eigenvalue weighted by Crippen LogP contribution is 2.30. The van der Waals surface area contributed by atoms with Gasteiger partial charge in [-0.15, -0.1) is 0 Å². The van der Waals surface area contributed by atoms with Crippen LogP contribution in [0.5, 0.6) is 11.5 Å². The van der Waals surface area contributed by atoms with Gasteiger partial charge >= 0.3 is 0 Å². The Morgan fingerprint density at radius 2 is 1.81 bits per heavy atom. The van der Waals surface area contributed by atoms with Crippen molar-refractivity contribution < 1.29 is 9.84 Å². The molecule has 0 saturated carbocycles. The van der Waals surface area contributed by atoms with Crippen molar-refractivity contribution in [2.75, 3.05) is 6.54 Å². The fourth-order valence-corrected chi connectivity index (χ4v) is 2.18. The first-order valence-corrected chi connectivity index (χ1v) is 7.47. The Morgan fingerprint density at radius 1 is 1.10 bits per heavy atom. The Kier molecular flexibility index (Phi) is 6.05. The van der Waals surface area contributed by atoms with Crippen molar-refractivity contribution in [1.29, 1.82) is 0 Å². The average Bonchev–Trinajstić information content (AvgIpc) is 2.51. The first kappa shape index (κ1) is 15.8. The summed E-state index contributed by atoms with van der Waals surface area (Å²) in [5, 5.41) is 12.9. The van der Waals surface area contributed by atoms with Crippen LogP contribution in [-0.2, 0) is 13.2 Å². The molecule has 0 fully saturated rings. The van der Waals surface area contributed by atoms with Crippen LogP contribution >= 0.6 is 11.6 Å². The standard InChI is InChI=1S/C17H20ClNO2/c1-2-9-19-11-14-5-8-17(16(18)10-14)21-15-6-3-13(12-20)4-7-15/h3-8,10,19-20H,2,9,11-12H2,1H3. The Bertz CT molecular complexity index is 570. The highest BCUT2D eigenvalue weighted by Gasteiger charge is 2.05. The van der Waals surface area contributed by atoms with Crippen molar-refractivity contribution in [1.82, 2.24) is 5.32 Å². The van der Waals surface area contributed by atoms with E-state index in [0.29, 0.717) is 16.5 Å². The summed E-state index contributed by atoms with van der Waals surface area (Å²) in [6.45, 7) is 3.96. The van der Waals surface area contributed by atoms with Gasteiger partial charge in [-0.2, -0.15) is 0 Å². The van der Waals surface area contributed by atoms with E-state index in [9.17, 15) is 0 Å². The molecular weight excluding hydrogens is 286 g/mol. The predicted molar refractivity (Wildman–Crippen MR) is 85.9 cm³/mol. The number of benzene rings is 2. The maximum atomic E-state index is 9.01. The van der Waals surface area contributed by atoms with Crippen molar-refractivity contribution in [3.8, 4) is 11.5 Å². The molecule has 0 spiro atoms. The van der Waals surface area contributed by atoms with E-state index in [1.807, 2.05) is 42.5 Å². The summed E-state index contributed by atoms with van der Waals surface area (Å²) in [5.74, 6) is 1.33. The van der Waals surface area contributed by atoms with E-state index >= 15 is 0 Å². The molecule has 0 aromatic heterocycles. The summed E-state index contributed by atoms with van der Waals surface area (Å²) >= 11 is 6.26. The second-order valence-electron chi connectivity index (χ2n) is 4.85. The van der Waals surface area contributed by atoms with E-state index in [0.717, 1.165) is 30.6 Å². The highest BCUT2D eigenvalue weighted by molar-refractivity contribution is 6.32. The molecule has 2 N–H and O–H groups in total. The van der Waals surface area contributed by atoms with Gasteiger partial charge < -0.3 is 15.2 Å². The van der Waals surface area contributed by atoms with Gasteiger partial charge in [0.2, 0.25) is 0 Å². The number of aliphatic hydroxyl groups is 1. The minimum absolute atomic E-state index is 0.0283. The van der Waals surface area contributed by atoms with Gasteiger partial charge in [0.15, 0.2) is 0 Å². The highest BCUT2D eigenvalue weighted by atomic mass is 35.5. The Hall–Kier alpha value is -1.55. The molecule has 0 unspecified atom stereocenters. The molecule has 112 valence electrons. The SMILES string of the molecule is CCCNCc1ccc(Oc2ccc(CO)cc2)c(Cl)c1. The Labute approximate surface area is 130 Å². The normalized spacial score (nSPS) is 10.6. The smallest absolute Gasteiger partial charge is 0.146 e. The van der Waals surface area contributed by atoms with Crippen molar-refractivity contribution in [3.63, 3.8) is 0 Å². The molecule has 0 bridgehead atoms. The van der Waals surface area contributed by atoms with Crippen LogP contribution in [0.25, 0.3) is 0 Å². The fraction of sp³-hybridized carbons (Fsp3) is 0.294. The lowest BCUT2D eigenvalue weighted by atomic mass is 10.2. The Morgan fingerprint density at radius 3 is 2.43 bits per heavy atom. The number of hydrogen-bond donors (Lipinski definition) is 2. The number of hydrogen-bond acceptors (Lipinski definition) is 3. The third-order valence-electron chi connectivity index (χ3n) is 3.09. The summed E-state index contributed by atoms with van der Waals surface area (Å²) in [7, 11) is 0. The van der Waals surface area contributed by atoms with E-state index in [1.165, 1.54) is 0 Å². The van der Waals surface area contributed by atoms with Crippen LogP contribution in [0.3, 0.4) is 0 Å². The summed E-state index contributed by atoms with van der Waals surface area (Å²) in [4.78, 5) is 0. The van der Waals surface area contributed by atoms with Gasteiger partial charge in [0, 0.05) is 6.54 Å². The number of aliphatic hydroxyl groups excluding tert-OH is 1. The number of ether oxygens (including phenoxy) is 1. The zero-order valence-electron chi connectivity index (χ0n) is 12.1. The van der Waals surface area contributed by atoms with Gasteiger partial charge in [-0.1, -0.05) is 36.7 Å². The lowest BCUT2D eigenvalue weighted by Gasteiger charge is -2.10. The lowest BCUT2D eigenvalue weighted by Crippen LogP contribution is -2.13. The number of halogens is 1. The second kappa shape index (κ2) is 8.03. The maximum Gasteiger partial charge on any atom is 0.146 e. The average molecular weight is 306 g/mol. The van der Waals surface area contributed by atoms with E-state index in [-0.39, 0.29) is 6.61 Å². The van der Waals surface area contributed by atoms with Gasteiger partial charge in [-0.05, 0) is 48.4 Å². The first-order valence-electron chi connectivity index (χ1n) is 7.09. The molecule has 0 atom stereocenters. The van der Waals surface area contributed by atoms with E-state index in [2.05, 4.69) is 12.2 Å². The van der Waals surface area contributed by atoms with Gasteiger partial charge in [0.05, 0.1) is 11.6 Å². The molecule has 2 aromatic rings. The number of rotatable bonds is 7. The molecule has 3 nitrogen and oxygen atoms in total. The summed E-state index contributed by atoms with van der Waals surface area (Å²) in [6, 6.07) is 13.1. The molecule has 2 rings (SSSR count). The molecule has 0 aliphatic carbocycles. The summed E-state index contributed by atoms with van der Waals surface area (Å²) in [5.41, 5.74) is 1.99. The largest absolute Gasteiger partial charge is 0.456 e. The predicted octanol–water partition coefficient (Wildman–Crippen LogP) is 4.12. The maximum absolute atomic E-state index is 9.01. The van der Waals surface area contributed by atoms with Crippen LogP contribution < -0.4 is 10.1 Å². The van der Waals surface area contributed by atoms with Crippen molar-refractivity contribution in [2.45, 2.75) is 26.5 Å². The first-order chi connectivity index (χ1) is 10.2. The quantitative estimate of drug-likeness (QED) is 0.756. The molecule has 2 aromatic carbocycles. The van der Waals surface area contributed by atoms with Gasteiger partial charge in [0.1, 0.15) is 11.5 Å². The van der Waals surface area contributed by atoms with E-state index in [4.69, 9.17) is 21.4 Å². The number of nitrogens with one attached hydrogen (secondary N) is 1. The molecular formula is C17H20ClNO2. The molecule has 0 heterocycles. The van der Waals surface area contributed by atoms with E-state index < -0.39 is 0 Å². The van der Waals surface area contributed by atoms with Crippen LogP contribution in [0.4, 0.5) is 0 Å². The van der Waals surface area contributed by atoms with Crippen LogP contribution in [0.15, 0.2) is 42.5 Å². The summed E-state index contributed by atoms with van der Waals surface area (Å²) < 4.78 is 5.76. The van der Waals surface area contributed by atoms with Crippen LogP contribution in [0.1, 0.15) is 24.5 Å². The molecule has 21 heavy (non-hydrogen) atoms. The van der Waals surface area contributed by atoms with Gasteiger partial charge in [0.25, 0.3) is 0 Å². The van der Waals surface area contributed by atoms with Crippen LogP contribution in [-0.4, -0.2) is 11.7 Å². The fourth-order valence-electron chi connectivity index (χ4n) is 1.94. The van der Waals surface area contributed by atoms with Crippen LogP contribution in [0.2, 0.25) is 5.02 Å². The molecule has 0 amide bonds. The Balaban J connectivity index is 2.02. The minimum atomic E-state index is 0.0283. The monoisotopic (exact) mass is 305 g/mol. The van der Waals surface area contributed by atoms with E-state index in [1.54, 1.807) is 0 Å². The zero-order valence-corrected chi connectivity index (χ0v) is 12.9. The molecule has 4 heteroatoms. The summed E-state index contributed by atoms with van der Waals surface area (Å²) in [6.07, 6.45) is 1.11. The van der Waals surface area contributed by atoms with Crippen molar-refractivity contribution in [3.05, 3.63) is 58.6 Å². The minimum Gasteiger partial charge on any atom is -0.456 e. The second-order valence-corrected chi connectivity index (χ2v) is 5.25.